The quantitative estimate of drug-likeness (QED) is 0.921. The molecule has 126 valence electrons. The Bertz CT molecular complexity index is 743. The molecule has 0 saturated carbocycles. The monoisotopic (exact) mass is 346 g/mol. The summed E-state index contributed by atoms with van der Waals surface area (Å²) < 4.78 is 4.96. The highest BCUT2D eigenvalue weighted by molar-refractivity contribution is 6.33. The van der Waals surface area contributed by atoms with Gasteiger partial charge < -0.3 is 14.6 Å². The van der Waals surface area contributed by atoms with Gasteiger partial charge in [-0.25, -0.2) is 0 Å². The van der Waals surface area contributed by atoms with E-state index in [1.54, 1.807) is 17.0 Å². The number of halogens is 1. The van der Waals surface area contributed by atoms with Crippen molar-refractivity contribution >= 4 is 29.1 Å². The summed E-state index contributed by atoms with van der Waals surface area (Å²) in [5, 5.41) is 3.39. The molecule has 1 aromatic heterocycles. The van der Waals surface area contributed by atoms with Crippen LogP contribution in [0.5, 0.6) is 0 Å². The third-order valence-corrected chi connectivity index (χ3v) is 4.54. The number of carbonyl (C=O) groups excluding carboxylic acids is 2. The molecule has 1 fully saturated rings. The SMILES string of the molecule is Cc1ccc(NC(=O)C2CCCN(C(=O)c3ccoc3)C2)c(Cl)c1. The summed E-state index contributed by atoms with van der Waals surface area (Å²) in [5.41, 5.74) is 2.15. The van der Waals surface area contributed by atoms with Crippen LogP contribution in [0.4, 0.5) is 5.69 Å². The third kappa shape index (κ3) is 3.62. The molecule has 1 aliphatic rings. The maximum atomic E-state index is 12.5. The van der Waals surface area contributed by atoms with Crippen molar-refractivity contribution < 1.29 is 14.0 Å². The van der Waals surface area contributed by atoms with Gasteiger partial charge in [0.05, 0.1) is 28.5 Å². The summed E-state index contributed by atoms with van der Waals surface area (Å²) >= 11 is 6.17. The second-order valence-corrected chi connectivity index (χ2v) is 6.48. The topological polar surface area (TPSA) is 62.6 Å². The Kier molecular flexibility index (Phi) is 4.90. The zero-order valence-corrected chi connectivity index (χ0v) is 14.2. The first-order valence-electron chi connectivity index (χ1n) is 7.93. The number of nitrogens with one attached hydrogen (secondary N) is 1. The normalized spacial score (nSPS) is 17.6. The van der Waals surface area contributed by atoms with E-state index in [0.29, 0.717) is 29.4 Å². The van der Waals surface area contributed by atoms with Gasteiger partial charge in [0.15, 0.2) is 0 Å². The van der Waals surface area contributed by atoms with Crippen LogP contribution in [0.3, 0.4) is 0 Å². The largest absolute Gasteiger partial charge is 0.472 e. The van der Waals surface area contributed by atoms with E-state index in [-0.39, 0.29) is 17.7 Å². The van der Waals surface area contributed by atoms with Gasteiger partial charge in [-0.05, 0) is 43.5 Å². The predicted molar refractivity (Wildman–Crippen MR) is 92.2 cm³/mol. The molecule has 1 unspecified atom stereocenters. The van der Waals surface area contributed by atoms with Gasteiger partial charge in [0.1, 0.15) is 6.26 Å². The fourth-order valence-electron chi connectivity index (χ4n) is 2.90. The number of likely N-dealkylation sites (tertiary alicyclic amines) is 1. The standard InChI is InChI=1S/C18H19ClN2O3/c1-12-4-5-16(15(19)9-12)20-17(22)13-3-2-7-21(10-13)18(23)14-6-8-24-11-14/h4-6,8-9,11,13H,2-3,7,10H2,1H3,(H,20,22). The van der Waals surface area contributed by atoms with Crippen molar-refractivity contribution in [2.24, 2.45) is 5.92 Å². The van der Waals surface area contributed by atoms with Gasteiger partial charge in [-0.2, -0.15) is 0 Å². The van der Waals surface area contributed by atoms with E-state index in [1.807, 2.05) is 19.1 Å². The van der Waals surface area contributed by atoms with E-state index >= 15 is 0 Å². The summed E-state index contributed by atoms with van der Waals surface area (Å²) in [7, 11) is 0. The molecular formula is C18H19ClN2O3. The number of amides is 2. The first kappa shape index (κ1) is 16.6. The molecule has 0 bridgehead atoms. The highest BCUT2D eigenvalue weighted by Gasteiger charge is 2.29. The van der Waals surface area contributed by atoms with Gasteiger partial charge in [-0.3, -0.25) is 9.59 Å². The first-order valence-corrected chi connectivity index (χ1v) is 8.31. The lowest BCUT2D eigenvalue weighted by Gasteiger charge is -2.31. The lowest BCUT2D eigenvalue weighted by Crippen LogP contribution is -2.43. The van der Waals surface area contributed by atoms with E-state index in [0.717, 1.165) is 18.4 Å². The lowest BCUT2D eigenvalue weighted by molar-refractivity contribution is -0.121. The van der Waals surface area contributed by atoms with E-state index in [2.05, 4.69) is 5.32 Å². The zero-order chi connectivity index (χ0) is 17.1. The van der Waals surface area contributed by atoms with Crippen molar-refractivity contribution in [2.75, 3.05) is 18.4 Å². The molecule has 1 N–H and O–H groups in total. The van der Waals surface area contributed by atoms with Crippen molar-refractivity contribution in [2.45, 2.75) is 19.8 Å². The van der Waals surface area contributed by atoms with Gasteiger partial charge in [0.25, 0.3) is 5.91 Å². The molecule has 1 aliphatic heterocycles. The van der Waals surface area contributed by atoms with Crippen LogP contribution in [0.15, 0.2) is 41.2 Å². The molecule has 1 aromatic carbocycles. The number of carbonyl (C=O) groups is 2. The number of hydrogen-bond donors (Lipinski definition) is 1. The molecule has 2 aromatic rings. The lowest BCUT2D eigenvalue weighted by atomic mass is 9.96. The Morgan fingerprint density at radius 1 is 1.33 bits per heavy atom. The minimum absolute atomic E-state index is 0.102. The molecule has 3 rings (SSSR count). The van der Waals surface area contributed by atoms with Gasteiger partial charge in [0, 0.05) is 13.1 Å². The molecule has 5 nitrogen and oxygen atoms in total. The first-order chi connectivity index (χ1) is 11.5. The number of nitrogens with zero attached hydrogens (tertiary/aromatic N) is 1. The molecule has 0 spiro atoms. The average Bonchev–Trinajstić information content (AvgIpc) is 3.11. The molecule has 1 saturated heterocycles. The van der Waals surface area contributed by atoms with Crippen LogP contribution in [-0.4, -0.2) is 29.8 Å². The van der Waals surface area contributed by atoms with Crippen molar-refractivity contribution in [1.29, 1.82) is 0 Å². The summed E-state index contributed by atoms with van der Waals surface area (Å²) in [6, 6.07) is 7.15. The second-order valence-electron chi connectivity index (χ2n) is 6.07. The Balaban J connectivity index is 1.65. The smallest absolute Gasteiger partial charge is 0.257 e. The molecule has 0 aliphatic carbocycles. The van der Waals surface area contributed by atoms with Crippen molar-refractivity contribution in [3.63, 3.8) is 0 Å². The zero-order valence-electron chi connectivity index (χ0n) is 13.4. The average molecular weight is 347 g/mol. The Labute approximate surface area is 145 Å². The van der Waals surface area contributed by atoms with Crippen LogP contribution in [0, 0.1) is 12.8 Å². The molecule has 2 heterocycles. The van der Waals surface area contributed by atoms with E-state index < -0.39 is 0 Å². The minimum Gasteiger partial charge on any atom is -0.472 e. The number of anilines is 1. The van der Waals surface area contributed by atoms with E-state index in [1.165, 1.54) is 12.5 Å². The maximum Gasteiger partial charge on any atom is 0.257 e. The third-order valence-electron chi connectivity index (χ3n) is 4.23. The van der Waals surface area contributed by atoms with E-state index in [4.69, 9.17) is 16.0 Å². The summed E-state index contributed by atoms with van der Waals surface area (Å²) in [6.07, 6.45) is 4.45. The number of piperidine rings is 1. The van der Waals surface area contributed by atoms with Crippen LogP contribution in [0.1, 0.15) is 28.8 Å². The second kappa shape index (κ2) is 7.09. The van der Waals surface area contributed by atoms with Crippen molar-refractivity contribution in [3.05, 3.63) is 52.9 Å². The van der Waals surface area contributed by atoms with Crippen molar-refractivity contribution in [3.8, 4) is 0 Å². The highest BCUT2D eigenvalue weighted by atomic mass is 35.5. The number of benzene rings is 1. The Morgan fingerprint density at radius 3 is 2.88 bits per heavy atom. The van der Waals surface area contributed by atoms with Crippen LogP contribution in [0.2, 0.25) is 5.02 Å². The minimum atomic E-state index is -0.244. The maximum absolute atomic E-state index is 12.5. The van der Waals surface area contributed by atoms with Gasteiger partial charge in [0.2, 0.25) is 5.91 Å². The number of rotatable bonds is 3. The van der Waals surface area contributed by atoms with Crippen LogP contribution in [0.25, 0.3) is 0 Å². The van der Waals surface area contributed by atoms with Gasteiger partial charge in [-0.1, -0.05) is 17.7 Å². The van der Waals surface area contributed by atoms with Gasteiger partial charge >= 0.3 is 0 Å². The molecular weight excluding hydrogens is 328 g/mol. The fourth-order valence-corrected chi connectivity index (χ4v) is 3.18. The predicted octanol–water partition coefficient (Wildman–Crippen LogP) is 3.73. The molecule has 0 radical (unpaired) electrons. The Morgan fingerprint density at radius 2 is 2.17 bits per heavy atom. The number of aryl methyl sites for hydroxylation is 1. The summed E-state index contributed by atoms with van der Waals surface area (Å²) in [5.74, 6) is -0.452. The number of hydrogen-bond acceptors (Lipinski definition) is 3. The highest BCUT2D eigenvalue weighted by Crippen LogP contribution is 2.25. The summed E-state index contributed by atoms with van der Waals surface area (Å²) in [4.78, 5) is 26.6. The van der Waals surface area contributed by atoms with Crippen LogP contribution >= 0.6 is 11.6 Å². The molecule has 6 heteroatoms. The van der Waals surface area contributed by atoms with Crippen molar-refractivity contribution in [1.82, 2.24) is 4.90 Å². The van der Waals surface area contributed by atoms with Crippen LogP contribution < -0.4 is 5.32 Å². The molecule has 2 amide bonds. The van der Waals surface area contributed by atoms with Crippen LogP contribution in [-0.2, 0) is 4.79 Å². The Hall–Kier alpha value is -2.27. The summed E-state index contributed by atoms with van der Waals surface area (Å²) in [6.45, 7) is 3.00. The van der Waals surface area contributed by atoms with Gasteiger partial charge in [-0.15, -0.1) is 0 Å². The van der Waals surface area contributed by atoms with E-state index in [9.17, 15) is 9.59 Å². The fraction of sp³-hybridized carbons (Fsp3) is 0.333. The molecule has 24 heavy (non-hydrogen) atoms. The number of furan rings is 1. The molecule has 1 atom stereocenters.